The van der Waals surface area contributed by atoms with Gasteiger partial charge in [-0.05, 0) is 116 Å². The van der Waals surface area contributed by atoms with Crippen LogP contribution in [0, 0.1) is 116 Å². The van der Waals surface area contributed by atoms with Crippen molar-refractivity contribution in [3.63, 3.8) is 0 Å². The highest BCUT2D eigenvalue weighted by Gasteiger charge is 3.18. The Morgan fingerprint density at radius 3 is 1.29 bits per heavy atom. The summed E-state index contributed by atoms with van der Waals surface area (Å²) in [6.07, 6.45) is 11.4. The van der Waals surface area contributed by atoms with E-state index in [4.69, 9.17) is 0 Å². The zero-order valence-corrected chi connectivity index (χ0v) is 13.5. The van der Waals surface area contributed by atoms with Crippen molar-refractivity contribution in [2.45, 2.75) is 0 Å². The first-order valence-corrected chi connectivity index (χ1v) is 11.3. The number of hydrogen-bond acceptors (Lipinski definition) is 0. The summed E-state index contributed by atoms with van der Waals surface area (Å²) < 4.78 is 0. The van der Waals surface area contributed by atoms with Gasteiger partial charge in [-0.2, -0.15) is 0 Å². The van der Waals surface area contributed by atoms with E-state index in [1.165, 1.54) is 71.0 Å². The molecule has 0 aromatic carbocycles. The molecule has 0 heteroatoms. The van der Waals surface area contributed by atoms with Crippen LogP contribution in [0.15, 0.2) is 24.3 Å². The van der Waals surface area contributed by atoms with Gasteiger partial charge >= 0.3 is 0 Å². The maximum absolute atomic E-state index is 2.85. The summed E-state index contributed by atoms with van der Waals surface area (Å²) >= 11 is 0. The average molecular weight is 308 g/mol. The molecule has 4 spiro atoms. The summed E-state index contributed by atoms with van der Waals surface area (Å²) in [5, 5.41) is 0. The van der Waals surface area contributed by atoms with E-state index in [1.807, 2.05) is 0 Å². The minimum Gasteiger partial charge on any atom is -0.0842 e. The zero-order chi connectivity index (χ0) is 14.1. The van der Waals surface area contributed by atoms with Gasteiger partial charge in [-0.1, -0.05) is 24.3 Å². The van der Waals surface area contributed by atoms with Crippen LogP contribution in [0.4, 0.5) is 0 Å². The van der Waals surface area contributed by atoms with E-state index in [-0.39, 0.29) is 0 Å². The summed E-state index contributed by atoms with van der Waals surface area (Å²) in [5.41, 5.74) is 3.62. The Bertz CT molecular complexity index is 953. The van der Waals surface area contributed by atoms with Gasteiger partial charge in [0.15, 0.2) is 0 Å². The average Bonchev–Trinajstić information content (AvgIpc) is 3.34. The summed E-state index contributed by atoms with van der Waals surface area (Å²) in [7, 11) is 0. The molecule has 0 aromatic heterocycles. The maximum atomic E-state index is 2.85. The molecule has 20 atom stereocenters. The summed E-state index contributed by atoms with van der Waals surface area (Å²) in [6.45, 7) is 0. The molecule has 116 valence electrons. The number of hydrogen-bond donors (Lipinski definition) is 0. The second-order valence-corrected chi connectivity index (χ2v) is 13.1. The second-order valence-electron chi connectivity index (χ2n) is 13.1. The highest BCUT2D eigenvalue weighted by atomic mass is 15.2. The molecule has 0 aliphatic heterocycles. The van der Waals surface area contributed by atoms with Crippen molar-refractivity contribution >= 4 is 0 Å². The molecule has 0 N–H and O–H groups in total. The molecule has 24 heavy (non-hydrogen) atoms. The molecule has 14 saturated carbocycles. The van der Waals surface area contributed by atoms with Crippen molar-refractivity contribution in [2.75, 3.05) is 0 Å². The Labute approximate surface area is 141 Å². The van der Waals surface area contributed by atoms with Gasteiger partial charge < -0.3 is 0 Å². The largest absolute Gasteiger partial charge is 0.0842 e. The lowest BCUT2D eigenvalue weighted by Crippen LogP contribution is -2.55. The van der Waals surface area contributed by atoms with Gasteiger partial charge in [-0.15, -0.1) is 0 Å². The first-order valence-electron chi connectivity index (χ1n) is 11.3. The van der Waals surface area contributed by atoms with Crippen molar-refractivity contribution in [3.8, 4) is 0 Å². The summed E-state index contributed by atoms with van der Waals surface area (Å²) in [6, 6.07) is 0. The van der Waals surface area contributed by atoms with Gasteiger partial charge in [0.25, 0.3) is 0 Å². The van der Waals surface area contributed by atoms with E-state index in [0.717, 1.165) is 45.3 Å². The SMILES string of the molecule is C1=C[C@H]2[C@H]3[C@H]4[C@H]5[C@@H]6[C@@H]7[C@@H]8[C@H]9C%10[C@H]%11C=C[C@@H]%10[C@]8%10[C@@H]6[C@H]4[C@]24[C@]5([C@@H]7[C@@H]9[C@@]%11%104)[C@H]13. The van der Waals surface area contributed by atoms with Crippen LogP contribution in [0.5, 0.6) is 0 Å². The highest BCUT2D eigenvalue weighted by Crippen LogP contribution is 3.21. The van der Waals surface area contributed by atoms with Crippen LogP contribution >= 0.6 is 0 Å². The molecule has 16 bridgehead atoms. The number of allylic oxidation sites excluding steroid dienone is 4. The topological polar surface area (TPSA) is 0 Å². The molecule has 1 unspecified atom stereocenters. The van der Waals surface area contributed by atoms with E-state index in [2.05, 4.69) is 24.3 Å². The highest BCUT2D eigenvalue weighted by molar-refractivity contribution is 5.68. The van der Waals surface area contributed by atoms with Crippen molar-refractivity contribution in [3.05, 3.63) is 24.3 Å². The van der Waals surface area contributed by atoms with Crippen LogP contribution in [0.1, 0.15) is 0 Å². The van der Waals surface area contributed by atoms with Crippen LogP contribution in [-0.2, 0) is 0 Å². The third-order valence-electron chi connectivity index (χ3n) is 15.7. The van der Waals surface area contributed by atoms with Crippen molar-refractivity contribution in [1.82, 2.24) is 0 Å². The van der Waals surface area contributed by atoms with Crippen LogP contribution in [0.3, 0.4) is 0 Å². The monoisotopic (exact) mass is 308 g/mol. The van der Waals surface area contributed by atoms with E-state index in [0.29, 0.717) is 0 Å². The Morgan fingerprint density at radius 2 is 0.792 bits per heavy atom. The van der Waals surface area contributed by atoms with Crippen LogP contribution < -0.4 is 0 Å². The zero-order valence-electron chi connectivity index (χ0n) is 13.5. The Balaban J connectivity index is 1.45. The molecule has 0 nitrogen and oxygen atoms in total. The molecule has 0 amide bonds. The minimum absolute atomic E-state index is 0.896. The molecular weight excluding hydrogens is 288 g/mol. The molecule has 16 aliphatic carbocycles. The molecular formula is C24H20. The first-order chi connectivity index (χ1) is 11.9. The maximum Gasteiger partial charge on any atom is -0.00589 e. The lowest BCUT2D eigenvalue weighted by molar-refractivity contribution is -0.0896. The van der Waals surface area contributed by atoms with Gasteiger partial charge in [0.05, 0.1) is 0 Å². The number of rotatable bonds is 0. The molecule has 0 saturated heterocycles. The molecule has 16 aliphatic rings. The van der Waals surface area contributed by atoms with Crippen molar-refractivity contribution in [2.24, 2.45) is 116 Å². The fourth-order valence-electron chi connectivity index (χ4n) is 18.6. The Hall–Kier alpha value is -0.520. The lowest BCUT2D eigenvalue weighted by atomic mass is 9.46. The van der Waals surface area contributed by atoms with Gasteiger partial charge in [0.1, 0.15) is 0 Å². The standard InChI is InChI=1S/C24H20/c1-3-7-9-5(1)21-15-11(9)19-18-13(15)14-16-12-10-6-2-4-8(10)24(22(6,16)18,23(7,19)21)20(12)17(14)21/h1-20H/t5-,6+,7+,8-,9+,10?,11+,12-,13+,14-,15+,16+,17+,18+,19+,20-,21-,22-,23+,24+/m1/s1. The van der Waals surface area contributed by atoms with Crippen LogP contribution in [-0.4, -0.2) is 0 Å². The minimum atomic E-state index is 0.896. The fraction of sp³-hybridized carbons (Fsp3) is 0.833. The van der Waals surface area contributed by atoms with Crippen molar-refractivity contribution < 1.29 is 0 Å². The smallest absolute Gasteiger partial charge is 0.00589 e. The van der Waals surface area contributed by atoms with Gasteiger partial charge in [-0.3, -0.25) is 0 Å². The molecule has 0 heterocycles. The molecule has 0 aromatic rings. The third-order valence-corrected chi connectivity index (χ3v) is 15.7. The quantitative estimate of drug-likeness (QED) is 0.603. The molecule has 14 fully saturated rings. The first kappa shape index (κ1) is 9.43. The summed E-state index contributed by atoms with van der Waals surface area (Å²) in [5.74, 6) is 19.4. The Morgan fingerprint density at radius 1 is 0.375 bits per heavy atom. The predicted molar refractivity (Wildman–Crippen MR) is 83.9 cm³/mol. The molecule has 0 radical (unpaired) electrons. The Kier molecular flexibility index (Phi) is 0.715. The van der Waals surface area contributed by atoms with Gasteiger partial charge in [0, 0.05) is 0 Å². The van der Waals surface area contributed by atoms with Crippen molar-refractivity contribution in [1.29, 1.82) is 0 Å². The van der Waals surface area contributed by atoms with Crippen LogP contribution in [0.2, 0.25) is 0 Å². The summed E-state index contributed by atoms with van der Waals surface area (Å²) in [4.78, 5) is 0. The predicted octanol–water partition coefficient (Wildman–Crippen LogP) is 3.08. The second kappa shape index (κ2) is 1.82. The van der Waals surface area contributed by atoms with Crippen LogP contribution in [0.25, 0.3) is 0 Å². The molecule has 16 rings (SSSR count). The van der Waals surface area contributed by atoms with Gasteiger partial charge in [-0.25, -0.2) is 0 Å². The van der Waals surface area contributed by atoms with E-state index >= 15 is 0 Å². The van der Waals surface area contributed by atoms with Gasteiger partial charge in [0.2, 0.25) is 0 Å². The fourth-order valence-corrected chi connectivity index (χ4v) is 18.6. The van der Waals surface area contributed by atoms with E-state index in [1.54, 1.807) is 0 Å². The third kappa shape index (κ3) is 0.333. The van der Waals surface area contributed by atoms with E-state index in [9.17, 15) is 0 Å². The normalized spacial score (nSPS) is 107. The lowest BCUT2D eigenvalue weighted by Gasteiger charge is -2.57. The van der Waals surface area contributed by atoms with E-state index < -0.39 is 0 Å².